The molecular formula is C21H20ClN5O2. The molecule has 1 fully saturated rings. The lowest BCUT2D eigenvalue weighted by atomic mass is 10.1. The van der Waals surface area contributed by atoms with E-state index in [4.69, 9.17) is 16.3 Å². The van der Waals surface area contributed by atoms with Gasteiger partial charge in [-0.2, -0.15) is 5.26 Å². The highest BCUT2D eigenvalue weighted by Gasteiger charge is 2.26. The van der Waals surface area contributed by atoms with Crippen LogP contribution in [-0.2, 0) is 6.54 Å². The molecule has 29 heavy (non-hydrogen) atoms. The number of nitrogens with one attached hydrogen (secondary N) is 1. The molecule has 0 amide bonds. The van der Waals surface area contributed by atoms with Gasteiger partial charge in [-0.1, -0.05) is 17.7 Å². The van der Waals surface area contributed by atoms with Crippen molar-refractivity contribution in [2.24, 2.45) is 0 Å². The molecule has 0 radical (unpaired) electrons. The van der Waals surface area contributed by atoms with Crippen LogP contribution in [-0.4, -0.2) is 35.2 Å². The van der Waals surface area contributed by atoms with Crippen LogP contribution in [0.5, 0.6) is 5.75 Å². The molecule has 4 rings (SSSR count). The molecule has 3 aromatic rings. The number of benzene rings is 2. The molecule has 0 bridgehead atoms. The Balaban J connectivity index is 1.69. The Morgan fingerprint density at radius 1 is 1.28 bits per heavy atom. The first-order valence-corrected chi connectivity index (χ1v) is 9.70. The van der Waals surface area contributed by atoms with Crippen molar-refractivity contribution in [1.29, 1.82) is 5.26 Å². The minimum Gasteiger partial charge on any atom is -0.495 e. The third kappa shape index (κ3) is 3.77. The average molecular weight is 410 g/mol. The molecule has 0 spiro atoms. The van der Waals surface area contributed by atoms with Gasteiger partial charge in [0.2, 0.25) is 0 Å². The Bertz CT molecular complexity index is 1100. The number of rotatable bonds is 5. The number of nitrogens with zero attached hydrogens (tertiary/aromatic N) is 4. The molecule has 2 heterocycles. The van der Waals surface area contributed by atoms with Crippen LogP contribution in [0.15, 0.2) is 36.4 Å². The third-order valence-corrected chi connectivity index (χ3v) is 5.35. The molecule has 1 saturated heterocycles. The molecule has 1 aromatic heterocycles. The van der Waals surface area contributed by atoms with Crippen LogP contribution in [0.3, 0.4) is 0 Å². The average Bonchev–Trinajstić information content (AvgIpc) is 3.17. The molecule has 1 aliphatic heterocycles. The molecule has 1 aliphatic rings. The Morgan fingerprint density at radius 2 is 2.14 bits per heavy atom. The second-order valence-corrected chi connectivity index (χ2v) is 7.29. The Morgan fingerprint density at radius 3 is 2.83 bits per heavy atom. The lowest BCUT2D eigenvalue weighted by molar-refractivity contribution is 0.185. The van der Waals surface area contributed by atoms with Crippen molar-refractivity contribution in [2.45, 2.75) is 25.6 Å². The summed E-state index contributed by atoms with van der Waals surface area (Å²) in [6.45, 7) is 1.21. The molecule has 2 N–H and O–H groups in total. The first-order chi connectivity index (χ1) is 14.1. The van der Waals surface area contributed by atoms with Crippen LogP contribution < -0.4 is 15.0 Å². The van der Waals surface area contributed by atoms with Crippen molar-refractivity contribution >= 4 is 34.0 Å². The van der Waals surface area contributed by atoms with Gasteiger partial charge in [-0.25, -0.2) is 0 Å². The Hall–Kier alpha value is -3.08. The van der Waals surface area contributed by atoms with Crippen molar-refractivity contribution in [3.63, 3.8) is 0 Å². The maximum Gasteiger partial charge on any atom is 0.161 e. The van der Waals surface area contributed by atoms with Crippen molar-refractivity contribution < 1.29 is 9.84 Å². The lowest BCUT2D eigenvalue weighted by Crippen LogP contribution is -2.30. The van der Waals surface area contributed by atoms with Crippen LogP contribution in [0.1, 0.15) is 24.0 Å². The van der Waals surface area contributed by atoms with Gasteiger partial charge in [0.15, 0.2) is 11.6 Å². The van der Waals surface area contributed by atoms with Crippen molar-refractivity contribution in [3.8, 4) is 11.8 Å². The number of fused-ring (bicyclic) bond motifs is 1. The molecule has 7 nitrogen and oxygen atoms in total. The van der Waals surface area contributed by atoms with Crippen molar-refractivity contribution in [2.75, 3.05) is 23.9 Å². The zero-order valence-electron chi connectivity index (χ0n) is 15.9. The van der Waals surface area contributed by atoms with Gasteiger partial charge in [-0.15, -0.1) is 10.2 Å². The summed E-state index contributed by atoms with van der Waals surface area (Å²) in [5, 5.41) is 33.8. The summed E-state index contributed by atoms with van der Waals surface area (Å²) in [7, 11) is 1.58. The predicted octanol–water partition coefficient (Wildman–Crippen LogP) is 3.69. The molecule has 0 aliphatic carbocycles. The number of halogens is 1. The summed E-state index contributed by atoms with van der Waals surface area (Å²) >= 11 is 6.21. The fourth-order valence-corrected chi connectivity index (χ4v) is 3.83. The largest absolute Gasteiger partial charge is 0.495 e. The highest BCUT2D eigenvalue weighted by molar-refractivity contribution is 6.32. The van der Waals surface area contributed by atoms with E-state index in [0.29, 0.717) is 40.9 Å². The minimum absolute atomic E-state index is 0.482. The zero-order valence-corrected chi connectivity index (χ0v) is 16.6. The molecule has 2 aromatic carbocycles. The molecule has 1 atom stereocenters. The molecule has 8 heteroatoms. The minimum atomic E-state index is -0.566. The van der Waals surface area contributed by atoms with Crippen molar-refractivity contribution in [1.82, 2.24) is 10.2 Å². The standard InChI is InChI=1S/C21H20ClN5O2/c1-29-18-7-5-14(10-17(18)22)12-24-20-16-9-13(11-23)4-6-15(16)21(26-25-20)27-8-2-3-19(27)28/h4-7,9-10,19,28H,2-3,8,12H2,1H3,(H,24,25)/t19-/m1/s1. The van der Waals surface area contributed by atoms with E-state index in [1.165, 1.54) is 0 Å². The number of hydrogen-bond acceptors (Lipinski definition) is 7. The number of ether oxygens (including phenoxy) is 1. The lowest BCUT2D eigenvalue weighted by Gasteiger charge is -2.23. The summed E-state index contributed by atoms with van der Waals surface area (Å²) in [5.74, 6) is 1.82. The van der Waals surface area contributed by atoms with E-state index in [9.17, 15) is 10.4 Å². The smallest absolute Gasteiger partial charge is 0.161 e. The highest BCUT2D eigenvalue weighted by Crippen LogP contribution is 2.33. The van der Waals surface area contributed by atoms with Gasteiger partial charge in [0.25, 0.3) is 0 Å². The summed E-state index contributed by atoms with van der Waals surface area (Å²) in [6.07, 6.45) is 1.04. The topological polar surface area (TPSA) is 94.3 Å². The monoisotopic (exact) mass is 409 g/mol. The third-order valence-electron chi connectivity index (χ3n) is 5.06. The first kappa shape index (κ1) is 19.2. The number of aliphatic hydroxyl groups excluding tert-OH is 1. The fourth-order valence-electron chi connectivity index (χ4n) is 3.55. The molecular weight excluding hydrogens is 390 g/mol. The second-order valence-electron chi connectivity index (χ2n) is 6.88. The van der Waals surface area contributed by atoms with E-state index in [2.05, 4.69) is 21.6 Å². The van der Waals surface area contributed by atoms with E-state index in [-0.39, 0.29) is 0 Å². The molecule has 0 unspecified atom stereocenters. The van der Waals surface area contributed by atoms with E-state index in [1.807, 2.05) is 29.2 Å². The zero-order chi connectivity index (χ0) is 20.4. The van der Waals surface area contributed by atoms with Gasteiger partial charge in [-0.05, 0) is 48.7 Å². The van der Waals surface area contributed by atoms with Gasteiger partial charge in [-0.3, -0.25) is 0 Å². The summed E-state index contributed by atoms with van der Waals surface area (Å²) in [6, 6.07) is 13.1. The Labute approximate surface area is 173 Å². The van der Waals surface area contributed by atoms with E-state index in [0.717, 1.165) is 29.3 Å². The van der Waals surface area contributed by atoms with Crippen LogP contribution in [0.2, 0.25) is 5.02 Å². The van der Waals surface area contributed by atoms with Gasteiger partial charge in [0.1, 0.15) is 12.0 Å². The van der Waals surface area contributed by atoms with Crippen LogP contribution in [0.4, 0.5) is 11.6 Å². The second kappa shape index (κ2) is 8.11. The van der Waals surface area contributed by atoms with Crippen LogP contribution in [0, 0.1) is 11.3 Å². The number of methoxy groups -OCH3 is 1. The highest BCUT2D eigenvalue weighted by atomic mass is 35.5. The fraction of sp³-hybridized carbons (Fsp3) is 0.286. The van der Waals surface area contributed by atoms with E-state index in [1.54, 1.807) is 19.2 Å². The van der Waals surface area contributed by atoms with Crippen LogP contribution >= 0.6 is 11.6 Å². The summed E-state index contributed by atoms with van der Waals surface area (Å²) < 4.78 is 5.19. The van der Waals surface area contributed by atoms with Crippen molar-refractivity contribution in [3.05, 3.63) is 52.5 Å². The normalized spacial score (nSPS) is 16.1. The maximum absolute atomic E-state index is 10.3. The Kier molecular flexibility index (Phi) is 5.38. The summed E-state index contributed by atoms with van der Waals surface area (Å²) in [5.41, 5.74) is 1.50. The number of anilines is 2. The van der Waals surface area contributed by atoms with Gasteiger partial charge in [0.05, 0.1) is 23.8 Å². The first-order valence-electron chi connectivity index (χ1n) is 9.32. The summed E-state index contributed by atoms with van der Waals surface area (Å²) in [4.78, 5) is 1.86. The molecule has 148 valence electrons. The van der Waals surface area contributed by atoms with E-state index >= 15 is 0 Å². The predicted molar refractivity (Wildman–Crippen MR) is 112 cm³/mol. The van der Waals surface area contributed by atoms with Gasteiger partial charge in [0, 0.05) is 23.9 Å². The SMILES string of the molecule is COc1ccc(CNc2nnc(N3CCC[C@H]3O)c3ccc(C#N)cc23)cc1Cl. The van der Waals surface area contributed by atoms with Crippen LogP contribution in [0.25, 0.3) is 10.8 Å². The number of aromatic nitrogens is 2. The van der Waals surface area contributed by atoms with E-state index < -0.39 is 6.23 Å². The number of hydrogen-bond donors (Lipinski definition) is 2. The maximum atomic E-state index is 10.3. The van der Waals surface area contributed by atoms with Gasteiger partial charge < -0.3 is 20.1 Å². The number of nitriles is 1. The van der Waals surface area contributed by atoms with Gasteiger partial charge >= 0.3 is 0 Å². The molecule has 0 saturated carbocycles. The quantitative estimate of drug-likeness (QED) is 0.663. The number of aliphatic hydroxyl groups is 1.